The van der Waals surface area contributed by atoms with Gasteiger partial charge in [0.25, 0.3) is 0 Å². The van der Waals surface area contributed by atoms with Gasteiger partial charge < -0.3 is 20.1 Å². The van der Waals surface area contributed by atoms with Crippen molar-refractivity contribution in [1.82, 2.24) is 0 Å². The highest BCUT2D eigenvalue weighted by Crippen LogP contribution is 2.36. The third-order valence-corrected chi connectivity index (χ3v) is 5.23. The second-order valence-corrected chi connectivity index (χ2v) is 7.71. The van der Waals surface area contributed by atoms with Crippen molar-refractivity contribution >= 4 is 5.97 Å². The van der Waals surface area contributed by atoms with Gasteiger partial charge in [-0.05, 0) is 44.3 Å². The molecule has 0 aliphatic heterocycles. The molecular formula is C22H36O5. The van der Waals surface area contributed by atoms with Crippen molar-refractivity contribution in [2.24, 2.45) is 11.8 Å². The van der Waals surface area contributed by atoms with Crippen LogP contribution in [0.5, 0.6) is 0 Å². The number of allylic oxidation sites excluding steroid dienone is 1. The van der Waals surface area contributed by atoms with Crippen LogP contribution in [-0.2, 0) is 9.53 Å². The van der Waals surface area contributed by atoms with Gasteiger partial charge in [-0.15, -0.1) is 5.73 Å². The van der Waals surface area contributed by atoms with Crippen molar-refractivity contribution in [1.29, 1.82) is 0 Å². The summed E-state index contributed by atoms with van der Waals surface area (Å²) in [6, 6.07) is 0. The number of hydrogen-bond donors (Lipinski definition) is 3. The van der Waals surface area contributed by atoms with Crippen LogP contribution in [0.4, 0.5) is 0 Å². The minimum absolute atomic E-state index is 0.107. The summed E-state index contributed by atoms with van der Waals surface area (Å²) in [5, 5.41) is 31.0. The number of carbonyl (C=O) groups excluding carboxylic acids is 1. The summed E-state index contributed by atoms with van der Waals surface area (Å²) in [7, 11) is 1.36. The molecule has 0 aromatic heterocycles. The summed E-state index contributed by atoms with van der Waals surface area (Å²) in [6.45, 7) is 3.92. The van der Waals surface area contributed by atoms with Gasteiger partial charge in [0.05, 0.1) is 24.9 Å². The largest absolute Gasteiger partial charge is 0.469 e. The Labute approximate surface area is 163 Å². The quantitative estimate of drug-likeness (QED) is 0.222. The maximum absolute atomic E-state index is 11.0. The summed E-state index contributed by atoms with van der Waals surface area (Å²) in [4.78, 5) is 11.0. The summed E-state index contributed by atoms with van der Waals surface area (Å²) >= 11 is 0. The first-order valence-corrected chi connectivity index (χ1v) is 10.0. The SMILES string of the molecule is CCCCC[C@@](C)(O)C=C[C@@H]1[C@@H](CC=C=CCCC(=O)OC)[C@@H](O)C[C@H]1O. The normalized spacial score (nSPS) is 27.2. The number of hydrogen-bond acceptors (Lipinski definition) is 5. The lowest BCUT2D eigenvalue weighted by Gasteiger charge is -2.23. The number of carbonyl (C=O) groups is 1. The maximum Gasteiger partial charge on any atom is 0.305 e. The van der Waals surface area contributed by atoms with E-state index in [0.29, 0.717) is 32.1 Å². The minimum Gasteiger partial charge on any atom is -0.469 e. The fraction of sp³-hybridized carbons (Fsp3) is 0.727. The molecule has 154 valence electrons. The van der Waals surface area contributed by atoms with Crippen LogP contribution >= 0.6 is 0 Å². The molecule has 0 bridgehead atoms. The van der Waals surface area contributed by atoms with Gasteiger partial charge >= 0.3 is 5.97 Å². The van der Waals surface area contributed by atoms with Crippen LogP contribution in [-0.4, -0.2) is 46.2 Å². The molecule has 0 spiro atoms. The fourth-order valence-electron chi connectivity index (χ4n) is 3.50. The molecule has 0 aromatic rings. The molecule has 5 atom stereocenters. The topological polar surface area (TPSA) is 87.0 Å². The lowest BCUT2D eigenvalue weighted by atomic mass is 9.88. The number of aliphatic hydroxyl groups excluding tert-OH is 2. The van der Waals surface area contributed by atoms with E-state index >= 15 is 0 Å². The molecule has 0 radical (unpaired) electrons. The van der Waals surface area contributed by atoms with Gasteiger partial charge in [0, 0.05) is 18.8 Å². The van der Waals surface area contributed by atoms with Gasteiger partial charge in [0.15, 0.2) is 0 Å². The van der Waals surface area contributed by atoms with Gasteiger partial charge in [0.2, 0.25) is 0 Å². The van der Waals surface area contributed by atoms with Crippen molar-refractivity contribution in [3.63, 3.8) is 0 Å². The molecule has 0 amide bonds. The highest BCUT2D eigenvalue weighted by atomic mass is 16.5. The van der Waals surface area contributed by atoms with Crippen LogP contribution < -0.4 is 0 Å². The van der Waals surface area contributed by atoms with Gasteiger partial charge in [0.1, 0.15) is 0 Å². The number of rotatable bonds is 11. The monoisotopic (exact) mass is 380 g/mol. The van der Waals surface area contributed by atoms with E-state index < -0.39 is 17.8 Å². The number of esters is 1. The highest BCUT2D eigenvalue weighted by Gasteiger charge is 2.39. The van der Waals surface area contributed by atoms with Crippen LogP contribution in [0.15, 0.2) is 30.0 Å². The Morgan fingerprint density at radius 1 is 1.26 bits per heavy atom. The van der Waals surface area contributed by atoms with Gasteiger partial charge in [-0.2, -0.15) is 0 Å². The van der Waals surface area contributed by atoms with E-state index in [1.54, 1.807) is 19.1 Å². The molecule has 1 aliphatic rings. The Bertz CT molecular complexity index is 531. The zero-order valence-electron chi connectivity index (χ0n) is 16.9. The standard InChI is InChI=1S/C22H36O5/c1-4-5-10-14-22(2,26)15-13-18-17(19(23)16-20(18)24)11-8-6-7-9-12-21(25)27-3/h7-8,13,15,17-20,23-24,26H,4-5,9-12,14,16H2,1-3H3/t6?,17-,18-,19+,20-,22-/m1/s1. The van der Waals surface area contributed by atoms with Crippen molar-refractivity contribution in [3.8, 4) is 0 Å². The van der Waals surface area contributed by atoms with Crippen LogP contribution in [0.3, 0.4) is 0 Å². The minimum atomic E-state index is -0.892. The fourth-order valence-corrected chi connectivity index (χ4v) is 3.50. The number of aliphatic hydroxyl groups is 3. The highest BCUT2D eigenvalue weighted by molar-refractivity contribution is 5.69. The Hall–Kier alpha value is -1.39. The zero-order chi connectivity index (χ0) is 20.3. The number of unbranched alkanes of at least 4 members (excludes halogenated alkanes) is 2. The molecule has 3 N–H and O–H groups in total. The first-order chi connectivity index (χ1) is 12.8. The average molecular weight is 381 g/mol. The Morgan fingerprint density at radius 2 is 2.00 bits per heavy atom. The molecule has 5 nitrogen and oxygen atoms in total. The second kappa shape index (κ2) is 12.1. The van der Waals surface area contributed by atoms with E-state index in [9.17, 15) is 20.1 Å². The number of methoxy groups -OCH3 is 1. The van der Waals surface area contributed by atoms with Crippen molar-refractivity contribution in [2.45, 2.75) is 83.0 Å². The van der Waals surface area contributed by atoms with Crippen molar-refractivity contribution < 1.29 is 24.9 Å². The third kappa shape index (κ3) is 8.89. The van der Waals surface area contributed by atoms with Crippen LogP contribution in [0.1, 0.15) is 65.2 Å². The van der Waals surface area contributed by atoms with Crippen molar-refractivity contribution in [3.05, 3.63) is 30.0 Å². The number of ether oxygens (including phenoxy) is 1. The molecule has 27 heavy (non-hydrogen) atoms. The first-order valence-electron chi connectivity index (χ1n) is 10.0. The molecule has 0 saturated heterocycles. The van der Waals surface area contributed by atoms with E-state index in [0.717, 1.165) is 19.3 Å². The third-order valence-electron chi connectivity index (χ3n) is 5.23. The lowest BCUT2D eigenvalue weighted by molar-refractivity contribution is -0.140. The van der Waals surface area contributed by atoms with E-state index in [1.807, 2.05) is 12.2 Å². The van der Waals surface area contributed by atoms with Gasteiger partial charge in [-0.1, -0.05) is 38.3 Å². The molecule has 1 aliphatic carbocycles. The van der Waals surface area contributed by atoms with Crippen molar-refractivity contribution in [2.75, 3.05) is 7.11 Å². The molecule has 0 heterocycles. The summed E-state index contributed by atoms with van der Waals surface area (Å²) in [5.41, 5.74) is 2.14. The molecule has 5 heteroatoms. The van der Waals surface area contributed by atoms with E-state index in [4.69, 9.17) is 0 Å². The van der Waals surface area contributed by atoms with Gasteiger partial charge in [-0.25, -0.2) is 0 Å². The maximum atomic E-state index is 11.0. The first kappa shape index (κ1) is 23.6. The summed E-state index contributed by atoms with van der Waals surface area (Å²) < 4.78 is 4.58. The average Bonchev–Trinajstić information content (AvgIpc) is 2.89. The second-order valence-electron chi connectivity index (χ2n) is 7.71. The molecule has 0 aromatic carbocycles. The molecular weight excluding hydrogens is 344 g/mol. The Kier molecular flexibility index (Phi) is 10.6. The molecule has 1 rings (SSSR count). The van der Waals surface area contributed by atoms with Crippen LogP contribution in [0, 0.1) is 11.8 Å². The Balaban J connectivity index is 2.62. The summed E-state index contributed by atoms with van der Waals surface area (Å²) in [5.74, 6) is -0.548. The Morgan fingerprint density at radius 3 is 2.67 bits per heavy atom. The van der Waals surface area contributed by atoms with E-state index in [1.165, 1.54) is 7.11 Å². The van der Waals surface area contributed by atoms with E-state index in [-0.39, 0.29) is 17.8 Å². The predicted molar refractivity (Wildman–Crippen MR) is 106 cm³/mol. The summed E-state index contributed by atoms with van der Waals surface area (Å²) in [6.07, 6.45) is 11.7. The van der Waals surface area contributed by atoms with Crippen LogP contribution in [0.25, 0.3) is 0 Å². The zero-order valence-corrected chi connectivity index (χ0v) is 16.9. The molecule has 0 unspecified atom stereocenters. The lowest BCUT2D eigenvalue weighted by Crippen LogP contribution is -2.24. The molecule has 1 saturated carbocycles. The van der Waals surface area contributed by atoms with E-state index in [2.05, 4.69) is 17.4 Å². The van der Waals surface area contributed by atoms with Gasteiger partial charge in [-0.3, -0.25) is 4.79 Å². The predicted octanol–water partition coefficient (Wildman–Crippen LogP) is 3.29. The molecule has 1 fully saturated rings. The van der Waals surface area contributed by atoms with Crippen LogP contribution in [0.2, 0.25) is 0 Å². The smallest absolute Gasteiger partial charge is 0.305 e.